The first kappa shape index (κ1) is 15.8. The van der Waals surface area contributed by atoms with Gasteiger partial charge in [0, 0.05) is 22.9 Å². The van der Waals surface area contributed by atoms with Crippen LogP contribution in [0.3, 0.4) is 0 Å². The van der Waals surface area contributed by atoms with Crippen LogP contribution < -0.4 is 0 Å². The highest BCUT2D eigenvalue weighted by molar-refractivity contribution is 7.15. The van der Waals surface area contributed by atoms with Crippen molar-refractivity contribution in [1.82, 2.24) is 14.8 Å². The van der Waals surface area contributed by atoms with Crippen LogP contribution in [0.2, 0.25) is 0 Å². The van der Waals surface area contributed by atoms with Gasteiger partial charge in [0.15, 0.2) is 0 Å². The molecule has 0 amide bonds. The van der Waals surface area contributed by atoms with Gasteiger partial charge in [0.05, 0.1) is 17.4 Å². The van der Waals surface area contributed by atoms with E-state index in [1.807, 2.05) is 29.3 Å². The van der Waals surface area contributed by atoms with Crippen molar-refractivity contribution in [1.29, 1.82) is 0 Å². The molecule has 26 heavy (non-hydrogen) atoms. The molecule has 4 heteroatoms. The number of benzene rings is 2. The topological polar surface area (TPSA) is 30.7 Å². The van der Waals surface area contributed by atoms with Crippen LogP contribution in [-0.4, -0.2) is 14.8 Å². The van der Waals surface area contributed by atoms with Crippen LogP contribution in [0.25, 0.3) is 32.6 Å². The zero-order valence-corrected chi connectivity index (χ0v) is 15.9. The SMILES string of the molecule is Cc1c(-c2nc3c(s2)CCCC3)cccc1-c1cccc2c1cnn2C. The summed E-state index contributed by atoms with van der Waals surface area (Å²) in [5.41, 5.74) is 7.58. The van der Waals surface area contributed by atoms with Crippen molar-refractivity contribution in [2.75, 3.05) is 0 Å². The van der Waals surface area contributed by atoms with Crippen LogP contribution in [0.15, 0.2) is 42.6 Å². The lowest BCUT2D eigenvalue weighted by molar-refractivity contribution is 0.682. The number of aromatic nitrogens is 3. The summed E-state index contributed by atoms with van der Waals surface area (Å²) in [5, 5.41) is 6.82. The molecule has 0 unspecified atom stereocenters. The quantitative estimate of drug-likeness (QED) is 0.470. The Morgan fingerprint density at radius 1 is 0.962 bits per heavy atom. The van der Waals surface area contributed by atoms with Gasteiger partial charge in [-0.05, 0) is 55.4 Å². The number of hydrogen-bond donors (Lipinski definition) is 0. The maximum atomic E-state index is 4.99. The summed E-state index contributed by atoms with van der Waals surface area (Å²) in [5.74, 6) is 0. The monoisotopic (exact) mass is 359 g/mol. The van der Waals surface area contributed by atoms with Crippen molar-refractivity contribution in [3.05, 3.63) is 58.7 Å². The Hall–Kier alpha value is -2.46. The molecule has 0 aliphatic heterocycles. The van der Waals surface area contributed by atoms with E-state index in [2.05, 4.69) is 48.4 Å². The van der Waals surface area contributed by atoms with E-state index in [1.54, 1.807) is 0 Å². The fraction of sp³-hybridized carbons (Fsp3) is 0.273. The molecule has 0 atom stereocenters. The van der Waals surface area contributed by atoms with Gasteiger partial charge in [-0.2, -0.15) is 5.10 Å². The highest BCUT2D eigenvalue weighted by Crippen LogP contribution is 2.38. The molecule has 0 saturated carbocycles. The van der Waals surface area contributed by atoms with Crippen LogP contribution in [0.4, 0.5) is 0 Å². The van der Waals surface area contributed by atoms with Gasteiger partial charge in [0.1, 0.15) is 5.01 Å². The van der Waals surface area contributed by atoms with Crippen LogP contribution in [0.1, 0.15) is 29.0 Å². The summed E-state index contributed by atoms with van der Waals surface area (Å²) < 4.78 is 1.94. The normalized spacial score (nSPS) is 13.9. The Kier molecular flexibility index (Phi) is 3.68. The van der Waals surface area contributed by atoms with Crippen molar-refractivity contribution < 1.29 is 0 Å². The molecule has 130 valence electrons. The van der Waals surface area contributed by atoms with Gasteiger partial charge in [0.25, 0.3) is 0 Å². The second-order valence-electron chi connectivity index (χ2n) is 7.08. The third-order valence-electron chi connectivity index (χ3n) is 5.49. The molecule has 0 saturated heterocycles. The number of nitrogens with zero attached hydrogens (tertiary/aromatic N) is 3. The minimum absolute atomic E-state index is 1.14. The van der Waals surface area contributed by atoms with Crippen LogP contribution in [0, 0.1) is 6.92 Å². The highest BCUT2D eigenvalue weighted by Gasteiger charge is 2.18. The van der Waals surface area contributed by atoms with Gasteiger partial charge >= 0.3 is 0 Å². The molecule has 4 aromatic rings. The number of thiazole rings is 1. The van der Waals surface area contributed by atoms with Crippen LogP contribution in [-0.2, 0) is 19.9 Å². The maximum Gasteiger partial charge on any atom is 0.124 e. The first-order chi connectivity index (χ1) is 12.7. The molecule has 1 aliphatic rings. The molecule has 5 rings (SSSR count). The van der Waals surface area contributed by atoms with Crippen molar-refractivity contribution in [3.8, 4) is 21.7 Å². The number of rotatable bonds is 2. The molecule has 3 nitrogen and oxygen atoms in total. The average Bonchev–Trinajstić information content (AvgIpc) is 3.26. The van der Waals surface area contributed by atoms with E-state index < -0.39 is 0 Å². The summed E-state index contributed by atoms with van der Waals surface area (Å²) in [6.07, 6.45) is 6.88. The zero-order chi connectivity index (χ0) is 17.7. The molecular formula is C22H21N3S. The molecular weight excluding hydrogens is 338 g/mol. The van der Waals surface area contributed by atoms with Crippen LogP contribution in [0.5, 0.6) is 0 Å². The Morgan fingerprint density at radius 3 is 2.62 bits per heavy atom. The molecule has 0 radical (unpaired) electrons. The van der Waals surface area contributed by atoms with Crippen molar-refractivity contribution in [2.45, 2.75) is 32.6 Å². The van der Waals surface area contributed by atoms with E-state index in [0.717, 1.165) is 11.9 Å². The van der Waals surface area contributed by atoms with Gasteiger partial charge in [-0.25, -0.2) is 4.98 Å². The lowest BCUT2D eigenvalue weighted by atomic mass is 9.94. The number of fused-ring (bicyclic) bond motifs is 2. The summed E-state index contributed by atoms with van der Waals surface area (Å²) in [7, 11) is 2.00. The average molecular weight is 359 g/mol. The van der Waals surface area contributed by atoms with E-state index in [1.165, 1.54) is 62.5 Å². The minimum Gasteiger partial charge on any atom is -0.268 e. The second kappa shape index (κ2) is 6.06. The molecule has 0 N–H and O–H groups in total. The Labute approximate surface area is 157 Å². The van der Waals surface area contributed by atoms with E-state index in [9.17, 15) is 0 Å². The van der Waals surface area contributed by atoms with Gasteiger partial charge in [-0.15, -0.1) is 11.3 Å². The smallest absolute Gasteiger partial charge is 0.124 e. The zero-order valence-electron chi connectivity index (χ0n) is 15.1. The third-order valence-corrected chi connectivity index (χ3v) is 6.68. The van der Waals surface area contributed by atoms with E-state index in [0.29, 0.717) is 0 Å². The molecule has 2 heterocycles. The fourth-order valence-corrected chi connectivity index (χ4v) is 5.27. The Balaban J connectivity index is 1.68. The molecule has 2 aromatic heterocycles. The predicted octanol–water partition coefficient (Wildman–Crippen LogP) is 5.55. The molecule has 1 aliphatic carbocycles. The van der Waals surface area contributed by atoms with Gasteiger partial charge in [-0.3, -0.25) is 4.68 Å². The van der Waals surface area contributed by atoms with Crippen molar-refractivity contribution >= 4 is 22.2 Å². The summed E-state index contributed by atoms with van der Waals surface area (Å²) in [4.78, 5) is 6.48. The summed E-state index contributed by atoms with van der Waals surface area (Å²) >= 11 is 1.89. The molecule has 0 fully saturated rings. The molecule has 0 spiro atoms. The fourth-order valence-electron chi connectivity index (χ4n) is 4.04. The standard InChI is InChI=1S/C22H21N3S/c1-14-15(17-9-6-11-20-18(17)13-23-25(20)2)7-5-8-16(14)22-24-19-10-3-4-12-21(19)26-22/h5-9,11,13H,3-4,10,12H2,1-2H3. The van der Waals surface area contributed by atoms with Crippen LogP contribution >= 0.6 is 11.3 Å². The molecule has 0 bridgehead atoms. The highest BCUT2D eigenvalue weighted by atomic mass is 32.1. The summed E-state index contributed by atoms with van der Waals surface area (Å²) in [6, 6.07) is 13.0. The van der Waals surface area contributed by atoms with E-state index >= 15 is 0 Å². The van der Waals surface area contributed by atoms with Gasteiger partial charge in [0.2, 0.25) is 0 Å². The second-order valence-corrected chi connectivity index (χ2v) is 8.16. The van der Waals surface area contributed by atoms with Gasteiger partial charge in [-0.1, -0.05) is 30.3 Å². The minimum atomic E-state index is 1.14. The third kappa shape index (κ3) is 2.40. The van der Waals surface area contributed by atoms with Gasteiger partial charge < -0.3 is 0 Å². The maximum absolute atomic E-state index is 4.99. The van der Waals surface area contributed by atoms with E-state index in [-0.39, 0.29) is 0 Å². The first-order valence-corrected chi connectivity index (χ1v) is 10.0. The van der Waals surface area contributed by atoms with Crippen molar-refractivity contribution in [2.24, 2.45) is 7.05 Å². The largest absolute Gasteiger partial charge is 0.268 e. The lowest BCUT2D eigenvalue weighted by Gasteiger charge is -2.11. The first-order valence-electron chi connectivity index (χ1n) is 9.22. The van der Waals surface area contributed by atoms with Crippen molar-refractivity contribution in [3.63, 3.8) is 0 Å². The lowest BCUT2D eigenvalue weighted by Crippen LogP contribution is -1.99. The van der Waals surface area contributed by atoms with E-state index in [4.69, 9.17) is 4.98 Å². The number of aryl methyl sites for hydroxylation is 3. The summed E-state index contributed by atoms with van der Waals surface area (Å²) in [6.45, 7) is 2.22. The molecule has 2 aromatic carbocycles. The number of hydrogen-bond acceptors (Lipinski definition) is 3. The Bertz CT molecular complexity index is 1100. The Morgan fingerprint density at radius 2 is 1.73 bits per heavy atom. The predicted molar refractivity (Wildman–Crippen MR) is 109 cm³/mol.